The lowest BCUT2D eigenvalue weighted by molar-refractivity contribution is 0.286. The molecule has 0 spiro atoms. The van der Waals surface area contributed by atoms with E-state index in [1.165, 1.54) is 42.7 Å². The number of unbranched alkanes of at least 4 members (excludes halogenated alkanes) is 5. The summed E-state index contributed by atoms with van der Waals surface area (Å²) in [5.41, 5.74) is 2.73. The van der Waals surface area contributed by atoms with Crippen molar-refractivity contribution in [2.24, 2.45) is 0 Å². The topological polar surface area (TPSA) is 9.23 Å². The monoisotopic (exact) mass is 466 g/mol. The standard InChI is InChI=1S/C30H33F3O/c1-3-5-7-8-10-20-34-28-19-18-26(29(32)30(28)33)25-17-16-24(21-27(25)31)23-14-12-22(13-15-23)11-9-6-4-2/h3,12-19,21H,1,4-11,20H2,2H3. The van der Waals surface area contributed by atoms with E-state index in [2.05, 4.69) is 25.6 Å². The highest BCUT2D eigenvalue weighted by Gasteiger charge is 2.18. The van der Waals surface area contributed by atoms with Crippen LogP contribution >= 0.6 is 0 Å². The molecule has 180 valence electrons. The fourth-order valence-corrected chi connectivity index (χ4v) is 3.96. The highest BCUT2D eigenvalue weighted by Crippen LogP contribution is 2.33. The van der Waals surface area contributed by atoms with Crippen molar-refractivity contribution < 1.29 is 17.9 Å². The second-order valence-corrected chi connectivity index (χ2v) is 8.57. The minimum Gasteiger partial charge on any atom is -0.490 e. The number of allylic oxidation sites excluding steroid dienone is 1. The van der Waals surface area contributed by atoms with Crippen LogP contribution in [0.4, 0.5) is 13.2 Å². The number of hydrogen-bond donors (Lipinski definition) is 0. The Morgan fingerprint density at radius 1 is 0.765 bits per heavy atom. The zero-order valence-corrected chi connectivity index (χ0v) is 19.9. The number of rotatable bonds is 13. The number of halogens is 3. The Morgan fingerprint density at radius 2 is 1.50 bits per heavy atom. The van der Waals surface area contributed by atoms with Gasteiger partial charge in [-0.2, -0.15) is 4.39 Å². The van der Waals surface area contributed by atoms with Crippen LogP contribution in [0.3, 0.4) is 0 Å². The van der Waals surface area contributed by atoms with Gasteiger partial charge < -0.3 is 4.74 Å². The van der Waals surface area contributed by atoms with Crippen LogP contribution in [0.15, 0.2) is 67.3 Å². The van der Waals surface area contributed by atoms with Crippen molar-refractivity contribution in [2.75, 3.05) is 6.61 Å². The van der Waals surface area contributed by atoms with Gasteiger partial charge in [-0.15, -0.1) is 6.58 Å². The van der Waals surface area contributed by atoms with Gasteiger partial charge in [0, 0.05) is 11.1 Å². The smallest absolute Gasteiger partial charge is 0.201 e. The van der Waals surface area contributed by atoms with Crippen molar-refractivity contribution >= 4 is 0 Å². The first kappa shape index (κ1) is 25.6. The van der Waals surface area contributed by atoms with Crippen molar-refractivity contribution in [1.82, 2.24) is 0 Å². The second kappa shape index (κ2) is 13.0. The van der Waals surface area contributed by atoms with E-state index in [9.17, 15) is 13.2 Å². The summed E-state index contributed by atoms with van der Waals surface area (Å²) in [4.78, 5) is 0. The maximum Gasteiger partial charge on any atom is 0.201 e. The third-order valence-electron chi connectivity index (χ3n) is 5.97. The highest BCUT2D eigenvalue weighted by molar-refractivity contribution is 5.72. The van der Waals surface area contributed by atoms with Gasteiger partial charge in [-0.25, -0.2) is 8.78 Å². The van der Waals surface area contributed by atoms with E-state index in [1.54, 1.807) is 6.07 Å². The first-order valence-corrected chi connectivity index (χ1v) is 12.2. The van der Waals surface area contributed by atoms with E-state index in [-0.39, 0.29) is 16.9 Å². The van der Waals surface area contributed by atoms with Crippen LogP contribution in [0, 0.1) is 17.5 Å². The third kappa shape index (κ3) is 6.75. The average molecular weight is 467 g/mol. The summed E-state index contributed by atoms with van der Waals surface area (Å²) in [6, 6.07) is 15.4. The van der Waals surface area contributed by atoms with Crippen molar-refractivity contribution in [2.45, 2.75) is 58.3 Å². The van der Waals surface area contributed by atoms with Gasteiger partial charge in [0.05, 0.1) is 6.61 Å². The molecular weight excluding hydrogens is 433 g/mol. The average Bonchev–Trinajstić information content (AvgIpc) is 2.85. The molecule has 0 atom stereocenters. The summed E-state index contributed by atoms with van der Waals surface area (Å²) < 4.78 is 49.7. The van der Waals surface area contributed by atoms with Crippen LogP contribution in [0.5, 0.6) is 5.75 Å². The van der Waals surface area contributed by atoms with Gasteiger partial charge in [-0.05, 0) is 73.4 Å². The van der Waals surface area contributed by atoms with Gasteiger partial charge in [0.25, 0.3) is 0 Å². The Hall–Kier alpha value is -3.01. The zero-order valence-electron chi connectivity index (χ0n) is 19.9. The maximum atomic E-state index is 14.9. The maximum absolute atomic E-state index is 14.9. The van der Waals surface area contributed by atoms with Crippen LogP contribution in [0.1, 0.15) is 57.4 Å². The van der Waals surface area contributed by atoms with Crippen LogP contribution in [0.2, 0.25) is 0 Å². The number of hydrogen-bond acceptors (Lipinski definition) is 1. The van der Waals surface area contributed by atoms with Gasteiger partial charge in [0.1, 0.15) is 5.82 Å². The Labute approximate surface area is 201 Å². The highest BCUT2D eigenvalue weighted by atomic mass is 19.2. The van der Waals surface area contributed by atoms with Crippen molar-refractivity contribution in [3.05, 3.63) is 90.3 Å². The zero-order chi connectivity index (χ0) is 24.3. The molecule has 1 nitrogen and oxygen atoms in total. The Bertz CT molecular complexity index is 1070. The van der Waals surface area contributed by atoms with E-state index in [4.69, 9.17) is 4.74 Å². The predicted octanol–water partition coefficient (Wildman–Crippen LogP) is 9.30. The van der Waals surface area contributed by atoms with Crippen molar-refractivity contribution in [1.29, 1.82) is 0 Å². The van der Waals surface area contributed by atoms with Gasteiger partial charge in [0.15, 0.2) is 11.6 Å². The van der Waals surface area contributed by atoms with Crippen molar-refractivity contribution in [3.8, 4) is 28.0 Å². The molecule has 34 heavy (non-hydrogen) atoms. The third-order valence-corrected chi connectivity index (χ3v) is 5.97. The molecule has 3 aromatic carbocycles. The summed E-state index contributed by atoms with van der Waals surface area (Å²) >= 11 is 0. The molecular formula is C30H33F3O. The molecule has 0 N–H and O–H groups in total. The van der Waals surface area contributed by atoms with E-state index in [1.807, 2.05) is 18.2 Å². The predicted molar refractivity (Wildman–Crippen MR) is 135 cm³/mol. The first-order valence-electron chi connectivity index (χ1n) is 12.2. The summed E-state index contributed by atoms with van der Waals surface area (Å²) in [7, 11) is 0. The fraction of sp³-hybridized carbons (Fsp3) is 0.333. The van der Waals surface area contributed by atoms with Crippen LogP contribution < -0.4 is 4.74 Å². The lowest BCUT2D eigenvalue weighted by Gasteiger charge is -2.12. The molecule has 0 saturated carbocycles. The molecule has 0 bridgehead atoms. The van der Waals surface area contributed by atoms with Crippen LogP contribution in [-0.2, 0) is 6.42 Å². The van der Waals surface area contributed by atoms with Gasteiger partial charge in [0.2, 0.25) is 5.82 Å². The van der Waals surface area contributed by atoms with Crippen LogP contribution in [0.25, 0.3) is 22.3 Å². The lowest BCUT2D eigenvalue weighted by atomic mass is 9.97. The first-order chi connectivity index (χ1) is 16.5. The molecule has 0 heterocycles. The molecule has 0 fully saturated rings. The quantitative estimate of drug-likeness (QED) is 0.180. The molecule has 0 aliphatic rings. The number of ether oxygens (including phenoxy) is 1. The molecule has 3 aromatic rings. The molecule has 0 saturated heterocycles. The van der Waals surface area contributed by atoms with E-state index >= 15 is 0 Å². The second-order valence-electron chi connectivity index (χ2n) is 8.57. The molecule has 0 aromatic heterocycles. The fourth-order valence-electron chi connectivity index (χ4n) is 3.96. The number of aryl methyl sites for hydroxylation is 1. The Kier molecular flexibility index (Phi) is 9.81. The molecule has 0 unspecified atom stereocenters. The number of benzene rings is 3. The largest absolute Gasteiger partial charge is 0.490 e. The van der Waals surface area contributed by atoms with Crippen LogP contribution in [-0.4, -0.2) is 6.61 Å². The minimum atomic E-state index is -1.10. The Morgan fingerprint density at radius 3 is 2.21 bits per heavy atom. The van der Waals surface area contributed by atoms with Crippen molar-refractivity contribution in [3.63, 3.8) is 0 Å². The molecule has 3 rings (SSSR count). The normalized spacial score (nSPS) is 10.9. The minimum absolute atomic E-state index is 0.0207. The van der Waals surface area contributed by atoms with E-state index in [0.717, 1.165) is 44.1 Å². The summed E-state index contributed by atoms with van der Waals surface area (Å²) in [6.07, 6.45) is 10.00. The molecule has 0 radical (unpaired) electrons. The molecule has 0 amide bonds. The molecule has 0 aliphatic carbocycles. The summed E-state index contributed by atoms with van der Waals surface area (Å²) in [6.45, 7) is 6.15. The summed E-state index contributed by atoms with van der Waals surface area (Å²) in [5, 5.41) is 0. The van der Waals surface area contributed by atoms with E-state index in [0.29, 0.717) is 12.2 Å². The molecule has 4 heteroatoms. The van der Waals surface area contributed by atoms with Gasteiger partial charge >= 0.3 is 0 Å². The summed E-state index contributed by atoms with van der Waals surface area (Å²) in [5.74, 6) is -2.95. The molecule has 0 aliphatic heterocycles. The Balaban J connectivity index is 1.70. The van der Waals surface area contributed by atoms with E-state index < -0.39 is 17.5 Å². The van der Waals surface area contributed by atoms with Gasteiger partial charge in [-0.3, -0.25) is 0 Å². The van der Waals surface area contributed by atoms with Gasteiger partial charge in [-0.1, -0.05) is 62.2 Å². The lowest BCUT2D eigenvalue weighted by Crippen LogP contribution is -2.02. The SMILES string of the molecule is C=CCCCCCOc1ccc(-c2ccc(-c3ccc(CCCCC)cc3)cc2F)c(F)c1F.